The molecule has 1 atom stereocenters. The van der Waals surface area contributed by atoms with E-state index in [4.69, 9.17) is 4.74 Å². The van der Waals surface area contributed by atoms with Crippen LogP contribution in [0.3, 0.4) is 0 Å². The number of hydrogen-bond acceptors (Lipinski definition) is 3. The number of rotatable bonds is 5. The van der Waals surface area contributed by atoms with Gasteiger partial charge in [0.2, 0.25) is 5.91 Å². The second kappa shape index (κ2) is 7.40. The number of nitrogens with one attached hydrogen (secondary N) is 1. The molecular weight excluding hydrogens is 280 g/mol. The fourth-order valence-corrected chi connectivity index (χ4v) is 2.53. The van der Waals surface area contributed by atoms with E-state index in [-0.39, 0.29) is 24.0 Å². The highest BCUT2D eigenvalue weighted by molar-refractivity contribution is 6.05. The molecule has 120 valence electrons. The van der Waals surface area contributed by atoms with Gasteiger partial charge in [-0.3, -0.25) is 9.59 Å². The van der Waals surface area contributed by atoms with Gasteiger partial charge >= 0.3 is 0 Å². The van der Waals surface area contributed by atoms with Gasteiger partial charge in [0.1, 0.15) is 0 Å². The summed E-state index contributed by atoms with van der Waals surface area (Å²) >= 11 is 0. The van der Waals surface area contributed by atoms with Gasteiger partial charge in [-0.25, -0.2) is 0 Å². The first kappa shape index (κ1) is 16.5. The molecular formula is C17H24N2O3. The van der Waals surface area contributed by atoms with Gasteiger partial charge < -0.3 is 15.0 Å². The monoisotopic (exact) mass is 304 g/mol. The zero-order valence-electron chi connectivity index (χ0n) is 13.5. The molecule has 0 unspecified atom stereocenters. The predicted octanol–water partition coefficient (Wildman–Crippen LogP) is 2.36. The molecule has 0 fully saturated rings. The van der Waals surface area contributed by atoms with Gasteiger partial charge in [0.25, 0.3) is 5.91 Å². The van der Waals surface area contributed by atoms with Crippen LogP contribution in [-0.2, 0) is 9.53 Å². The average Bonchev–Trinajstić information content (AvgIpc) is 2.60. The maximum Gasteiger partial charge on any atom is 0.253 e. The van der Waals surface area contributed by atoms with Crippen LogP contribution in [0.1, 0.15) is 44.0 Å². The van der Waals surface area contributed by atoms with Crippen molar-refractivity contribution in [2.45, 2.75) is 45.8 Å². The molecule has 0 spiro atoms. The molecule has 22 heavy (non-hydrogen) atoms. The van der Waals surface area contributed by atoms with E-state index < -0.39 is 0 Å². The minimum absolute atomic E-state index is 0.0307. The molecule has 0 saturated carbocycles. The molecule has 1 aliphatic rings. The summed E-state index contributed by atoms with van der Waals surface area (Å²) in [6.07, 6.45) is 1.28. The molecule has 5 heteroatoms. The topological polar surface area (TPSA) is 58.6 Å². The van der Waals surface area contributed by atoms with E-state index >= 15 is 0 Å². The standard InChI is InChI=1S/C17H24N2O3/c1-12(2)22-10-6-9-16(20)19-11-13(3)18-17(21)14-7-4-5-8-15(14)19/h4-5,7-8,12-13H,6,9-11H2,1-3H3,(H,18,21)/t13-/m1/s1. The van der Waals surface area contributed by atoms with Crippen molar-refractivity contribution in [1.29, 1.82) is 0 Å². The van der Waals surface area contributed by atoms with E-state index in [0.29, 0.717) is 37.2 Å². The second-order valence-electron chi connectivity index (χ2n) is 5.92. The lowest BCUT2D eigenvalue weighted by Gasteiger charge is -2.24. The van der Waals surface area contributed by atoms with Gasteiger partial charge in [0.05, 0.1) is 17.4 Å². The summed E-state index contributed by atoms with van der Waals surface area (Å²) in [5, 5.41) is 2.91. The third-order valence-corrected chi connectivity index (χ3v) is 3.56. The Morgan fingerprint density at radius 3 is 2.86 bits per heavy atom. The number of nitrogens with zero attached hydrogens (tertiary/aromatic N) is 1. The number of benzene rings is 1. The quantitative estimate of drug-likeness (QED) is 0.850. The van der Waals surface area contributed by atoms with Crippen molar-refractivity contribution in [3.63, 3.8) is 0 Å². The van der Waals surface area contributed by atoms with Crippen LogP contribution in [-0.4, -0.2) is 37.1 Å². The van der Waals surface area contributed by atoms with Crippen molar-refractivity contribution in [3.05, 3.63) is 29.8 Å². The summed E-state index contributed by atoms with van der Waals surface area (Å²) in [4.78, 5) is 26.4. The lowest BCUT2D eigenvalue weighted by atomic mass is 10.1. The maximum atomic E-state index is 12.5. The lowest BCUT2D eigenvalue weighted by Crippen LogP contribution is -2.41. The molecule has 2 rings (SSSR count). The molecule has 0 aliphatic carbocycles. The van der Waals surface area contributed by atoms with Gasteiger partial charge in [-0.15, -0.1) is 0 Å². The molecule has 2 amide bonds. The third-order valence-electron chi connectivity index (χ3n) is 3.56. The Morgan fingerprint density at radius 1 is 1.41 bits per heavy atom. The van der Waals surface area contributed by atoms with Crippen LogP contribution in [0.4, 0.5) is 5.69 Å². The van der Waals surface area contributed by atoms with E-state index in [0.717, 1.165) is 0 Å². The Kier molecular flexibility index (Phi) is 5.55. The molecule has 0 bridgehead atoms. The average molecular weight is 304 g/mol. The van der Waals surface area contributed by atoms with E-state index in [1.54, 1.807) is 11.0 Å². The van der Waals surface area contributed by atoms with Crippen molar-refractivity contribution in [2.24, 2.45) is 0 Å². The molecule has 1 aromatic carbocycles. The molecule has 1 heterocycles. The highest BCUT2D eigenvalue weighted by Crippen LogP contribution is 2.24. The Balaban J connectivity index is 2.09. The fourth-order valence-electron chi connectivity index (χ4n) is 2.53. The van der Waals surface area contributed by atoms with Gasteiger partial charge in [0.15, 0.2) is 0 Å². The first-order valence-corrected chi connectivity index (χ1v) is 7.81. The molecule has 1 aromatic rings. The third kappa shape index (κ3) is 4.07. The smallest absolute Gasteiger partial charge is 0.253 e. The Labute approximate surface area is 131 Å². The highest BCUT2D eigenvalue weighted by Gasteiger charge is 2.27. The summed E-state index contributed by atoms with van der Waals surface area (Å²) in [5.74, 6) is -0.0929. The van der Waals surface area contributed by atoms with Crippen molar-refractivity contribution in [3.8, 4) is 0 Å². The van der Waals surface area contributed by atoms with E-state index in [1.807, 2.05) is 39.0 Å². The minimum atomic E-state index is -0.124. The zero-order chi connectivity index (χ0) is 16.1. The number of amides is 2. The van der Waals surface area contributed by atoms with Crippen LogP contribution in [0.25, 0.3) is 0 Å². The van der Waals surface area contributed by atoms with Crippen LogP contribution in [0.2, 0.25) is 0 Å². The summed E-state index contributed by atoms with van der Waals surface area (Å²) in [5.41, 5.74) is 1.25. The number of carbonyl (C=O) groups is 2. The van der Waals surface area contributed by atoms with Crippen molar-refractivity contribution in [2.75, 3.05) is 18.1 Å². The normalized spacial score (nSPS) is 17.9. The molecule has 5 nitrogen and oxygen atoms in total. The number of fused-ring (bicyclic) bond motifs is 1. The first-order valence-electron chi connectivity index (χ1n) is 7.81. The van der Waals surface area contributed by atoms with E-state index in [9.17, 15) is 9.59 Å². The van der Waals surface area contributed by atoms with Crippen LogP contribution in [0.15, 0.2) is 24.3 Å². The summed E-state index contributed by atoms with van der Waals surface area (Å²) in [6.45, 7) is 6.93. The van der Waals surface area contributed by atoms with Gasteiger partial charge in [0, 0.05) is 25.6 Å². The number of anilines is 1. The number of ether oxygens (including phenoxy) is 1. The Morgan fingerprint density at radius 2 is 2.14 bits per heavy atom. The van der Waals surface area contributed by atoms with Crippen molar-refractivity contribution in [1.82, 2.24) is 5.32 Å². The second-order valence-corrected chi connectivity index (χ2v) is 5.92. The summed E-state index contributed by atoms with van der Waals surface area (Å²) in [6, 6.07) is 7.17. The molecule has 1 N–H and O–H groups in total. The summed E-state index contributed by atoms with van der Waals surface area (Å²) < 4.78 is 5.47. The molecule has 0 aromatic heterocycles. The zero-order valence-corrected chi connectivity index (χ0v) is 13.5. The van der Waals surface area contributed by atoms with Crippen LogP contribution in [0, 0.1) is 0 Å². The van der Waals surface area contributed by atoms with Gasteiger partial charge in [-0.1, -0.05) is 12.1 Å². The van der Waals surface area contributed by atoms with Gasteiger partial charge in [-0.2, -0.15) is 0 Å². The predicted molar refractivity (Wildman–Crippen MR) is 86.0 cm³/mol. The molecule has 0 radical (unpaired) electrons. The first-order chi connectivity index (χ1) is 10.5. The Bertz CT molecular complexity index is 542. The number of para-hydroxylation sites is 1. The van der Waals surface area contributed by atoms with E-state index in [1.165, 1.54) is 0 Å². The maximum absolute atomic E-state index is 12.5. The van der Waals surface area contributed by atoms with Crippen LogP contribution >= 0.6 is 0 Å². The van der Waals surface area contributed by atoms with Crippen LogP contribution in [0.5, 0.6) is 0 Å². The molecule has 1 aliphatic heterocycles. The van der Waals surface area contributed by atoms with Crippen molar-refractivity contribution >= 4 is 17.5 Å². The van der Waals surface area contributed by atoms with E-state index in [2.05, 4.69) is 5.32 Å². The SMILES string of the molecule is CC(C)OCCCC(=O)N1C[C@@H](C)NC(=O)c2ccccc21. The number of hydrogen-bond donors (Lipinski definition) is 1. The highest BCUT2D eigenvalue weighted by atomic mass is 16.5. The van der Waals surface area contributed by atoms with Gasteiger partial charge in [-0.05, 0) is 39.3 Å². The molecule has 0 saturated heterocycles. The summed E-state index contributed by atoms with van der Waals surface area (Å²) in [7, 11) is 0. The minimum Gasteiger partial charge on any atom is -0.379 e. The lowest BCUT2D eigenvalue weighted by molar-refractivity contribution is -0.119. The fraction of sp³-hybridized carbons (Fsp3) is 0.529. The number of carbonyl (C=O) groups excluding carboxylic acids is 2. The largest absolute Gasteiger partial charge is 0.379 e. The Hall–Kier alpha value is -1.88. The van der Waals surface area contributed by atoms with Crippen LogP contribution < -0.4 is 10.2 Å². The van der Waals surface area contributed by atoms with Crippen molar-refractivity contribution < 1.29 is 14.3 Å².